The SMILES string of the molecule is C1=CC(C2C=Cc3ccccc3N2)CC=C1N(C1=CC=C(C2=CC=C(c3cc4ccccc4o3)C3CC[C@H]23)CC1)c1ccc(C2CC=c3ccccc3=N2)cc1. The lowest BCUT2D eigenvalue weighted by Gasteiger charge is -2.43. The number of furan rings is 1. The van der Waals surface area contributed by atoms with Gasteiger partial charge in [0.1, 0.15) is 11.3 Å². The van der Waals surface area contributed by atoms with Crippen LogP contribution in [0, 0.1) is 17.8 Å². The first-order chi connectivity index (χ1) is 27.7. The van der Waals surface area contributed by atoms with Crippen LogP contribution >= 0.6 is 0 Å². The number of nitrogens with zero attached hydrogens (tertiary/aromatic N) is 2. The van der Waals surface area contributed by atoms with Crippen molar-refractivity contribution in [2.24, 2.45) is 22.7 Å². The molecule has 5 atom stereocenters. The van der Waals surface area contributed by atoms with Crippen LogP contribution in [0.1, 0.15) is 61.5 Å². The third-order valence-corrected chi connectivity index (χ3v) is 12.9. The normalized spacial score (nSPS) is 24.6. The summed E-state index contributed by atoms with van der Waals surface area (Å²) >= 11 is 0. The predicted molar refractivity (Wildman–Crippen MR) is 230 cm³/mol. The number of nitrogens with one attached hydrogen (secondary N) is 1. The van der Waals surface area contributed by atoms with Gasteiger partial charge in [-0.05, 0) is 132 Å². The standard InChI is InChI=1S/C52H45N3O/c1-4-10-47-35(7-1)19-31-49(53-47)37-15-23-41(24-16-37)55(42-25-17-38(18-26-42)50-32-20-36-8-2-5-11-48(36)54-50)40-21-13-34(14-22-40)43-27-30-46(45-29-28-44(43)45)52-33-39-9-3-6-12-51(39)56-52/h1-13,15-17,19-21,23-27,30,32-33,38,44-45,49-50,54H,14,18,22,28-29,31H2/t38?,44-,45?,49?,50?/m1/s1. The molecule has 56 heavy (non-hydrogen) atoms. The fourth-order valence-corrected chi connectivity index (χ4v) is 9.75. The van der Waals surface area contributed by atoms with E-state index in [4.69, 9.17) is 9.41 Å². The number of allylic oxidation sites excluding steroid dienone is 10. The van der Waals surface area contributed by atoms with Gasteiger partial charge in [0.05, 0.1) is 17.4 Å². The van der Waals surface area contributed by atoms with Crippen molar-refractivity contribution in [3.05, 3.63) is 202 Å². The zero-order chi connectivity index (χ0) is 37.0. The van der Waals surface area contributed by atoms with E-state index in [-0.39, 0.29) is 12.1 Å². The molecule has 11 rings (SSSR count). The topological polar surface area (TPSA) is 40.8 Å². The minimum Gasteiger partial charge on any atom is -0.456 e. The molecule has 0 radical (unpaired) electrons. The molecule has 6 aliphatic rings. The van der Waals surface area contributed by atoms with Gasteiger partial charge >= 0.3 is 0 Å². The van der Waals surface area contributed by atoms with Crippen molar-refractivity contribution in [2.75, 3.05) is 10.2 Å². The number of anilines is 2. The highest BCUT2D eigenvalue weighted by Crippen LogP contribution is 2.53. The van der Waals surface area contributed by atoms with Gasteiger partial charge in [0.25, 0.3) is 0 Å². The van der Waals surface area contributed by atoms with Crippen LogP contribution in [-0.4, -0.2) is 6.04 Å². The van der Waals surface area contributed by atoms with Crippen LogP contribution in [0.15, 0.2) is 184 Å². The van der Waals surface area contributed by atoms with Crippen LogP contribution in [0.2, 0.25) is 0 Å². The molecule has 1 saturated carbocycles. The van der Waals surface area contributed by atoms with Gasteiger partial charge in [0.2, 0.25) is 0 Å². The number of rotatable bonds is 7. The Labute approximate surface area is 328 Å². The predicted octanol–water partition coefficient (Wildman–Crippen LogP) is 11.4. The van der Waals surface area contributed by atoms with Gasteiger partial charge in [-0.2, -0.15) is 0 Å². The van der Waals surface area contributed by atoms with E-state index in [0.717, 1.165) is 42.4 Å². The Morgan fingerprint density at radius 1 is 0.696 bits per heavy atom. The molecule has 4 aliphatic carbocycles. The highest BCUT2D eigenvalue weighted by molar-refractivity contribution is 5.83. The summed E-state index contributed by atoms with van der Waals surface area (Å²) in [7, 11) is 0. The molecule has 3 heterocycles. The molecule has 4 nitrogen and oxygen atoms in total. The molecule has 0 bridgehead atoms. The van der Waals surface area contributed by atoms with Gasteiger partial charge in [-0.15, -0.1) is 0 Å². The number of hydrogen-bond donors (Lipinski definition) is 1. The molecule has 4 unspecified atom stereocenters. The molecule has 2 aliphatic heterocycles. The monoisotopic (exact) mass is 727 g/mol. The van der Waals surface area contributed by atoms with Crippen molar-refractivity contribution in [2.45, 2.75) is 50.6 Å². The fraction of sp³-hybridized carbons (Fsp3) is 0.212. The van der Waals surface area contributed by atoms with Crippen molar-refractivity contribution < 1.29 is 4.42 Å². The Morgan fingerprint density at radius 2 is 1.52 bits per heavy atom. The summed E-state index contributed by atoms with van der Waals surface area (Å²) in [6, 6.07) is 37.2. The van der Waals surface area contributed by atoms with Crippen LogP contribution in [0.4, 0.5) is 11.4 Å². The average Bonchev–Trinajstić information content (AvgIpc) is 3.69. The Balaban J connectivity index is 0.889. The number of fused-ring (bicyclic) bond motifs is 4. The fourth-order valence-electron chi connectivity index (χ4n) is 9.75. The molecule has 0 amide bonds. The Morgan fingerprint density at radius 3 is 2.36 bits per heavy atom. The summed E-state index contributed by atoms with van der Waals surface area (Å²) in [6.45, 7) is 0. The third kappa shape index (κ3) is 5.96. The van der Waals surface area contributed by atoms with E-state index in [0.29, 0.717) is 17.8 Å². The van der Waals surface area contributed by atoms with E-state index in [1.165, 1.54) is 74.1 Å². The van der Waals surface area contributed by atoms with Crippen molar-refractivity contribution in [3.8, 4) is 0 Å². The van der Waals surface area contributed by atoms with E-state index in [2.05, 4.69) is 174 Å². The molecular weight excluding hydrogens is 683 g/mol. The van der Waals surface area contributed by atoms with Crippen LogP contribution in [-0.2, 0) is 0 Å². The molecule has 4 aromatic carbocycles. The smallest absolute Gasteiger partial charge is 0.134 e. The first-order valence-corrected chi connectivity index (χ1v) is 20.5. The molecule has 0 saturated heterocycles. The second-order valence-electron chi connectivity index (χ2n) is 16.1. The quantitative estimate of drug-likeness (QED) is 0.181. The maximum atomic E-state index is 6.34. The Hall–Kier alpha value is -6.13. The lowest BCUT2D eigenvalue weighted by atomic mass is 9.61. The van der Waals surface area contributed by atoms with Crippen molar-refractivity contribution >= 4 is 40.1 Å². The molecule has 1 fully saturated rings. The van der Waals surface area contributed by atoms with Gasteiger partial charge in [-0.25, -0.2) is 0 Å². The molecule has 0 spiro atoms. The third-order valence-electron chi connectivity index (χ3n) is 12.9. The lowest BCUT2D eigenvalue weighted by Crippen LogP contribution is -2.32. The van der Waals surface area contributed by atoms with E-state index in [1.807, 2.05) is 0 Å². The molecule has 1 N–H and O–H groups in total. The number of para-hydroxylation sites is 3. The van der Waals surface area contributed by atoms with E-state index in [9.17, 15) is 0 Å². The largest absolute Gasteiger partial charge is 0.456 e. The summed E-state index contributed by atoms with van der Waals surface area (Å²) in [5.74, 6) is 2.52. The van der Waals surface area contributed by atoms with Crippen LogP contribution in [0.25, 0.3) is 28.7 Å². The molecular formula is C52H45N3O. The lowest BCUT2D eigenvalue weighted by molar-refractivity contribution is 0.276. The minimum absolute atomic E-state index is 0.142. The van der Waals surface area contributed by atoms with Crippen molar-refractivity contribution in [1.29, 1.82) is 0 Å². The highest BCUT2D eigenvalue weighted by atomic mass is 16.3. The van der Waals surface area contributed by atoms with Crippen LogP contribution in [0.3, 0.4) is 0 Å². The number of benzene rings is 4. The minimum atomic E-state index is 0.142. The average molecular weight is 728 g/mol. The summed E-state index contributed by atoms with van der Waals surface area (Å²) in [4.78, 5) is 7.63. The zero-order valence-corrected chi connectivity index (χ0v) is 31.5. The number of hydrogen-bond acceptors (Lipinski definition) is 4. The van der Waals surface area contributed by atoms with Gasteiger partial charge in [-0.1, -0.05) is 115 Å². The van der Waals surface area contributed by atoms with Crippen LogP contribution < -0.4 is 20.8 Å². The van der Waals surface area contributed by atoms with Gasteiger partial charge < -0.3 is 14.6 Å². The molecule has 1 aromatic heterocycles. The van der Waals surface area contributed by atoms with Gasteiger partial charge in [0, 0.05) is 34.1 Å². The molecule has 274 valence electrons. The summed E-state index contributed by atoms with van der Waals surface area (Å²) in [5.41, 5.74) is 12.9. The summed E-state index contributed by atoms with van der Waals surface area (Å²) in [6.07, 6.45) is 30.1. The van der Waals surface area contributed by atoms with E-state index < -0.39 is 0 Å². The van der Waals surface area contributed by atoms with Gasteiger partial charge in [0.15, 0.2) is 0 Å². The molecule has 4 heteroatoms. The maximum Gasteiger partial charge on any atom is 0.134 e. The van der Waals surface area contributed by atoms with Crippen molar-refractivity contribution in [3.63, 3.8) is 0 Å². The van der Waals surface area contributed by atoms with E-state index in [1.54, 1.807) is 0 Å². The Bertz CT molecular complexity index is 2680. The Kier molecular flexibility index (Phi) is 8.23. The van der Waals surface area contributed by atoms with Crippen molar-refractivity contribution in [1.82, 2.24) is 0 Å². The first-order valence-electron chi connectivity index (χ1n) is 20.5. The van der Waals surface area contributed by atoms with Crippen LogP contribution in [0.5, 0.6) is 0 Å². The van der Waals surface area contributed by atoms with Gasteiger partial charge in [-0.3, -0.25) is 4.99 Å². The summed E-state index contributed by atoms with van der Waals surface area (Å²) in [5, 5.41) is 7.29. The zero-order valence-electron chi connectivity index (χ0n) is 31.5. The highest BCUT2D eigenvalue weighted by Gasteiger charge is 2.40. The maximum absolute atomic E-state index is 6.34. The first kappa shape index (κ1) is 33.2. The second-order valence-corrected chi connectivity index (χ2v) is 16.1. The second kappa shape index (κ2) is 13.9. The van der Waals surface area contributed by atoms with E-state index >= 15 is 0 Å². The molecule has 5 aromatic rings. The summed E-state index contributed by atoms with van der Waals surface area (Å²) < 4.78 is 6.34.